The standard InChI is InChI=1S/C13H24INO2/c1-2-3-4-5-6-7-8-11(10-14)17-13-9-12(16)15-13/h11,13H,2-10H2,1H3,(H,15,16)/t11-,13+/m0/s1. The van der Waals surface area contributed by atoms with E-state index < -0.39 is 0 Å². The van der Waals surface area contributed by atoms with Crippen molar-refractivity contribution < 1.29 is 9.53 Å². The molecule has 1 amide bonds. The molecule has 0 aliphatic carbocycles. The molecule has 4 heteroatoms. The maximum absolute atomic E-state index is 10.7. The van der Waals surface area contributed by atoms with Crippen LogP contribution >= 0.6 is 22.6 Å². The third-order valence-corrected chi connectivity index (χ3v) is 4.08. The number of hydrogen-bond donors (Lipinski definition) is 1. The Morgan fingerprint density at radius 2 is 2.00 bits per heavy atom. The smallest absolute Gasteiger partial charge is 0.226 e. The summed E-state index contributed by atoms with van der Waals surface area (Å²) in [6.45, 7) is 2.24. The number of halogens is 1. The average Bonchev–Trinajstić information content (AvgIpc) is 2.29. The van der Waals surface area contributed by atoms with Crippen molar-refractivity contribution in [3.05, 3.63) is 0 Å². The van der Waals surface area contributed by atoms with Crippen molar-refractivity contribution in [3.63, 3.8) is 0 Å². The summed E-state index contributed by atoms with van der Waals surface area (Å²) in [6, 6.07) is 0. The summed E-state index contributed by atoms with van der Waals surface area (Å²) < 4.78 is 6.81. The molecule has 1 aliphatic rings. The summed E-state index contributed by atoms with van der Waals surface area (Å²) in [5, 5.41) is 2.76. The molecule has 1 heterocycles. The van der Waals surface area contributed by atoms with Crippen molar-refractivity contribution in [2.75, 3.05) is 4.43 Å². The zero-order valence-corrected chi connectivity index (χ0v) is 12.9. The summed E-state index contributed by atoms with van der Waals surface area (Å²) in [5.74, 6) is 0.113. The number of carbonyl (C=O) groups is 1. The molecule has 0 aromatic rings. The van der Waals surface area contributed by atoms with E-state index >= 15 is 0 Å². The predicted octanol–water partition coefficient (Wildman–Crippen LogP) is 3.40. The molecule has 0 unspecified atom stereocenters. The molecule has 0 radical (unpaired) electrons. The van der Waals surface area contributed by atoms with Gasteiger partial charge in [-0.25, -0.2) is 0 Å². The number of nitrogens with one attached hydrogen (secondary N) is 1. The third-order valence-electron chi connectivity index (χ3n) is 3.10. The Hall–Kier alpha value is 0.160. The van der Waals surface area contributed by atoms with Gasteiger partial charge in [0, 0.05) is 4.43 Å². The highest BCUT2D eigenvalue weighted by Crippen LogP contribution is 2.16. The van der Waals surface area contributed by atoms with E-state index in [9.17, 15) is 4.79 Å². The Balaban J connectivity index is 1.96. The van der Waals surface area contributed by atoms with Crippen LogP contribution in [-0.2, 0) is 9.53 Å². The number of carbonyl (C=O) groups excluding carboxylic acids is 1. The molecule has 1 N–H and O–H groups in total. The lowest BCUT2D eigenvalue weighted by Gasteiger charge is -2.30. The van der Waals surface area contributed by atoms with Crippen molar-refractivity contribution in [2.45, 2.75) is 70.6 Å². The molecule has 3 nitrogen and oxygen atoms in total. The van der Waals surface area contributed by atoms with E-state index in [-0.39, 0.29) is 12.1 Å². The van der Waals surface area contributed by atoms with Gasteiger partial charge in [0.1, 0.15) is 6.23 Å². The first-order valence-corrected chi connectivity index (χ1v) is 8.29. The van der Waals surface area contributed by atoms with Crippen LogP contribution in [0.3, 0.4) is 0 Å². The van der Waals surface area contributed by atoms with Crippen molar-refractivity contribution in [3.8, 4) is 0 Å². The molecule has 100 valence electrons. The minimum absolute atomic E-state index is 0.0117. The number of unbranched alkanes of at least 4 members (excludes halogenated alkanes) is 5. The van der Waals surface area contributed by atoms with E-state index in [1.807, 2.05) is 0 Å². The number of alkyl halides is 1. The summed E-state index contributed by atoms with van der Waals surface area (Å²) >= 11 is 2.37. The van der Waals surface area contributed by atoms with Crippen molar-refractivity contribution in [2.24, 2.45) is 0 Å². The van der Waals surface area contributed by atoms with Gasteiger partial charge in [-0.05, 0) is 6.42 Å². The van der Waals surface area contributed by atoms with Gasteiger partial charge in [0.25, 0.3) is 0 Å². The minimum Gasteiger partial charge on any atom is -0.354 e. The SMILES string of the molecule is CCCCCCCC[C@@H](CI)O[C@@H]1CC(=O)N1. The molecule has 2 atom stereocenters. The average molecular weight is 353 g/mol. The molecular formula is C13H24INO2. The van der Waals surface area contributed by atoms with Crippen LogP contribution in [0.1, 0.15) is 58.3 Å². The van der Waals surface area contributed by atoms with Crippen molar-refractivity contribution in [1.82, 2.24) is 5.32 Å². The second-order valence-corrected chi connectivity index (χ2v) is 5.61. The van der Waals surface area contributed by atoms with Gasteiger partial charge in [-0.2, -0.15) is 0 Å². The molecule has 17 heavy (non-hydrogen) atoms. The minimum atomic E-state index is -0.0117. The normalized spacial score (nSPS) is 20.8. The number of amides is 1. The van der Waals surface area contributed by atoms with Crippen LogP contribution in [0.5, 0.6) is 0 Å². The van der Waals surface area contributed by atoms with Crippen LogP contribution in [0.4, 0.5) is 0 Å². The number of ether oxygens (including phenoxy) is 1. The van der Waals surface area contributed by atoms with Gasteiger partial charge in [-0.3, -0.25) is 4.79 Å². The summed E-state index contributed by atoms with van der Waals surface area (Å²) in [5.41, 5.74) is 0. The van der Waals surface area contributed by atoms with Gasteiger partial charge in [0.2, 0.25) is 5.91 Å². The van der Waals surface area contributed by atoms with Crippen LogP contribution in [0.15, 0.2) is 0 Å². The lowest BCUT2D eigenvalue weighted by molar-refractivity contribution is -0.144. The van der Waals surface area contributed by atoms with Crippen LogP contribution < -0.4 is 5.32 Å². The van der Waals surface area contributed by atoms with E-state index in [2.05, 4.69) is 34.8 Å². The van der Waals surface area contributed by atoms with Gasteiger partial charge in [-0.15, -0.1) is 0 Å². The van der Waals surface area contributed by atoms with E-state index in [1.54, 1.807) is 0 Å². The molecular weight excluding hydrogens is 329 g/mol. The topological polar surface area (TPSA) is 38.3 Å². The fourth-order valence-electron chi connectivity index (χ4n) is 1.98. The van der Waals surface area contributed by atoms with Gasteiger partial charge in [0.05, 0.1) is 12.5 Å². The maximum Gasteiger partial charge on any atom is 0.226 e. The summed E-state index contributed by atoms with van der Waals surface area (Å²) in [6.07, 6.45) is 9.92. The maximum atomic E-state index is 10.7. The Labute approximate surface area is 118 Å². The first-order chi connectivity index (χ1) is 8.26. The molecule has 0 saturated carbocycles. The second kappa shape index (κ2) is 9.14. The highest BCUT2D eigenvalue weighted by Gasteiger charge is 2.28. The Kier molecular flexibility index (Phi) is 8.18. The molecule has 0 aromatic heterocycles. The van der Waals surface area contributed by atoms with Crippen LogP contribution in [0.25, 0.3) is 0 Å². The molecule has 1 fully saturated rings. The van der Waals surface area contributed by atoms with E-state index in [0.29, 0.717) is 12.5 Å². The lowest BCUT2D eigenvalue weighted by atomic mass is 10.1. The highest BCUT2D eigenvalue weighted by molar-refractivity contribution is 14.1. The van der Waals surface area contributed by atoms with E-state index in [4.69, 9.17) is 4.74 Å². The van der Waals surface area contributed by atoms with Crippen LogP contribution in [0, 0.1) is 0 Å². The highest BCUT2D eigenvalue weighted by atomic mass is 127. The molecule has 0 aromatic carbocycles. The lowest BCUT2D eigenvalue weighted by Crippen LogP contribution is -2.51. The Morgan fingerprint density at radius 3 is 2.59 bits per heavy atom. The van der Waals surface area contributed by atoms with Gasteiger partial charge in [-0.1, -0.05) is 68.0 Å². The van der Waals surface area contributed by atoms with Crippen molar-refractivity contribution >= 4 is 28.5 Å². The van der Waals surface area contributed by atoms with Gasteiger partial charge >= 0.3 is 0 Å². The van der Waals surface area contributed by atoms with E-state index in [0.717, 1.165) is 10.8 Å². The number of rotatable bonds is 10. The fraction of sp³-hybridized carbons (Fsp3) is 0.923. The number of hydrogen-bond acceptors (Lipinski definition) is 2. The molecule has 1 aliphatic heterocycles. The molecule has 1 saturated heterocycles. The van der Waals surface area contributed by atoms with Crippen LogP contribution in [-0.4, -0.2) is 22.7 Å². The first-order valence-electron chi connectivity index (χ1n) is 6.77. The van der Waals surface area contributed by atoms with Gasteiger partial charge in [0.15, 0.2) is 0 Å². The largest absolute Gasteiger partial charge is 0.354 e. The Morgan fingerprint density at radius 1 is 1.35 bits per heavy atom. The fourth-order valence-corrected chi connectivity index (χ4v) is 2.62. The Bertz CT molecular complexity index is 215. The zero-order chi connectivity index (χ0) is 12.5. The monoisotopic (exact) mass is 353 g/mol. The molecule has 0 spiro atoms. The zero-order valence-electron chi connectivity index (χ0n) is 10.7. The molecule has 1 rings (SSSR count). The summed E-state index contributed by atoms with van der Waals surface area (Å²) in [4.78, 5) is 10.7. The van der Waals surface area contributed by atoms with Crippen molar-refractivity contribution in [1.29, 1.82) is 0 Å². The quantitative estimate of drug-likeness (QED) is 0.283. The van der Waals surface area contributed by atoms with Crippen LogP contribution in [0.2, 0.25) is 0 Å². The first kappa shape index (κ1) is 15.2. The summed E-state index contributed by atoms with van der Waals surface area (Å²) in [7, 11) is 0. The van der Waals surface area contributed by atoms with Gasteiger partial charge < -0.3 is 10.1 Å². The predicted molar refractivity (Wildman–Crippen MR) is 78.3 cm³/mol. The third kappa shape index (κ3) is 6.60. The van der Waals surface area contributed by atoms with E-state index in [1.165, 1.54) is 38.5 Å². The number of β-lactam (4-membered cyclic amide) rings is 1. The molecule has 0 bridgehead atoms. The second-order valence-electron chi connectivity index (χ2n) is 4.73.